The second-order valence-corrected chi connectivity index (χ2v) is 4.88. The van der Waals surface area contributed by atoms with Gasteiger partial charge in [-0.3, -0.25) is 4.57 Å². The molecule has 5 heteroatoms. The molecule has 0 radical (unpaired) electrons. The molecule has 0 aliphatic carbocycles. The molecule has 0 saturated carbocycles. The van der Waals surface area contributed by atoms with Crippen LogP contribution in [0, 0.1) is 0 Å². The number of aromatic nitrogens is 3. The Balaban J connectivity index is 2.26. The fourth-order valence-electron chi connectivity index (χ4n) is 2.08. The zero-order chi connectivity index (χ0) is 11.1. The van der Waals surface area contributed by atoms with Crippen LogP contribution >= 0.6 is 11.6 Å². The average Bonchev–Trinajstić information content (AvgIpc) is 2.69. The van der Waals surface area contributed by atoms with Crippen LogP contribution in [0.25, 0.3) is 0 Å². The minimum Gasteiger partial charge on any atom is -0.373 e. The van der Waals surface area contributed by atoms with Crippen molar-refractivity contribution in [3.63, 3.8) is 0 Å². The van der Waals surface area contributed by atoms with Crippen molar-refractivity contribution in [3.05, 3.63) is 11.1 Å². The molecule has 0 amide bonds. The molecule has 15 heavy (non-hydrogen) atoms. The van der Waals surface area contributed by atoms with Crippen LogP contribution in [0.1, 0.15) is 39.1 Å². The maximum Gasteiger partial charge on any atom is 0.225 e. The van der Waals surface area contributed by atoms with Crippen molar-refractivity contribution in [2.45, 2.75) is 45.3 Å². The van der Waals surface area contributed by atoms with E-state index in [-0.39, 0.29) is 11.6 Å². The van der Waals surface area contributed by atoms with Crippen molar-refractivity contribution < 1.29 is 4.74 Å². The third kappa shape index (κ3) is 2.01. The van der Waals surface area contributed by atoms with Gasteiger partial charge in [-0.05, 0) is 31.9 Å². The molecule has 0 aromatic carbocycles. The first kappa shape index (κ1) is 10.9. The van der Waals surface area contributed by atoms with Crippen molar-refractivity contribution in [2.24, 2.45) is 0 Å². The number of halogens is 1. The summed E-state index contributed by atoms with van der Waals surface area (Å²) in [6.45, 7) is 6.93. The van der Waals surface area contributed by atoms with Crippen LogP contribution < -0.4 is 0 Å². The first-order valence-electron chi connectivity index (χ1n) is 5.27. The predicted octanol–water partition coefficient (Wildman–Crippen LogP) is 2.23. The van der Waals surface area contributed by atoms with Crippen LogP contribution in [0.15, 0.2) is 0 Å². The fraction of sp³-hybridized carbons (Fsp3) is 0.800. The zero-order valence-corrected chi connectivity index (χ0v) is 10.1. The standard InChI is InChI=1S/C10H16ClN3O/c1-4-8-12-13-9(11)14(8)7-5-10(2,3)15-6-7/h7H,4-6H2,1-3H3. The molecule has 1 aromatic heterocycles. The van der Waals surface area contributed by atoms with Crippen molar-refractivity contribution in [1.82, 2.24) is 14.8 Å². The number of hydrogen-bond acceptors (Lipinski definition) is 3. The van der Waals surface area contributed by atoms with Crippen LogP contribution in [-0.2, 0) is 11.2 Å². The van der Waals surface area contributed by atoms with Crippen LogP contribution in [0.3, 0.4) is 0 Å². The van der Waals surface area contributed by atoms with Gasteiger partial charge in [0.2, 0.25) is 5.28 Å². The highest BCUT2D eigenvalue weighted by Gasteiger charge is 2.34. The van der Waals surface area contributed by atoms with E-state index in [0.29, 0.717) is 11.9 Å². The Morgan fingerprint density at radius 3 is 2.80 bits per heavy atom. The van der Waals surface area contributed by atoms with Gasteiger partial charge in [0.25, 0.3) is 0 Å². The van der Waals surface area contributed by atoms with Gasteiger partial charge in [0.05, 0.1) is 18.2 Å². The summed E-state index contributed by atoms with van der Waals surface area (Å²) in [6.07, 6.45) is 1.80. The molecule has 0 N–H and O–H groups in total. The Kier molecular flexibility index (Phi) is 2.73. The summed E-state index contributed by atoms with van der Waals surface area (Å²) in [7, 11) is 0. The highest BCUT2D eigenvalue weighted by Crippen LogP contribution is 2.34. The molecule has 1 aromatic rings. The Bertz CT molecular complexity index is 362. The van der Waals surface area contributed by atoms with E-state index in [4.69, 9.17) is 16.3 Å². The van der Waals surface area contributed by atoms with Crippen molar-refractivity contribution in [1.29, 1.82) is 0 Å². The van der Waals surface area contributed by atoms with Gasteiger partial charge in [0.1, 0.15) is 5.82 Å². The molecule has 1 atom stereocenters. The first-order valence-corrected chi connectivity index (χ1v) is 5.64. The van der Waals surface area contributed by atoms with Crippen LogP contribution in [0.4, 0.5) is 0 Å². The van der Waals surface area contributed by atoms with Gasteiger partial charge in [-0.15, -0.1) is 10.2 Å². The smallest absolute Gasteiger partial charge is 0.225 e. The van der Waals surface area contributed by atoms with Crippen molar-refractivity contribution in [3.8, 4) is 0 Å². The summed E-state index contributed by atoms with van der Waals surface area (Å²) >= 11 is 6.03. The molecule has 2 rings (SSSR count). The van der Waals surface area contributed by atoms with E-state index in [1.165, 1.54) is 0 Å². The molecular formula is C10H16ClN3O. The summed E-state index contributed by atoms with van der Waals surface area (Å²) in [4.78, 5) is 0. The molecule has 1 aliphatic heterocycles. The zero-order valence-electron chi connectivity index (χ0n) is 9.33. The van der Waals surface area contributed by atoms with E-state index >= 15 is 0 Å². The largest absolute Gasteiger partial charge is 0.373 e. The second-order valence-electron chi connectivity index (χ2n) is 4.54. The average molecular weight is 230 g/mol. The number of ether oxygens (including phenoxy) is 1. The van der Waals surface area contributed by atoms with E-state index in [1.54, 1.807) is 0 Å². The molecule has 0 spiro atoms. The molecular weight excluding hydrogens is 214 g/mol. The Morgan fingerprint density at radius 2 is 2.27 bits per heavy atom. The fourth-order valence-corrected chi connectivity index (χ4v) is 2.35. The molecule has 1 saturated heterocycles. The van der Waals surface area contributed by atoms with Crippen LogP contribution in [0.5, 0.6) is 0 Å². The number of hydrogen-bond donors (Lipinski definition) is 0. The lowest BCUT2D eigenvalue weighted by molar-refractivity contribution is 0.0352. The molecule has 1 unspecified atom stereocenters. The van der Waals surface area contributed by atoms with Gasteiger partial charge in [-0.25, -0.2) is 0 Å². The Labute approximate surface area is 94.6 Å². The molecule has 1 aliphatic rings. The molecule has 2 heterocycles. The quantitative estimate of drug-likeness (QED) is 0.781. The molecule has 4 nitrogen and oxygen atoms in total. The SMILES string of the molecule is CCc1nnc(Cl)n1C1COC(C)(C)C1. The van der Waals surface area contributed by atoms with Crippen LogP contribution in [-0.4, -0.2) is 27.0 Å². The third-order valence-corrected chi connectivity index (χ3v) is 3.06. The topological polar surface area (TPSA) is 39.9 Å². The Morgan fingerprint density at radius 1 is 1.53 bits per heavy atom. The van der Waals surface area contributed by atoms with Gasteiger partial charge in [-0.2, -0.15) is 0 Å². The number of aryl methyl sites for hydroxylation is 1. The lowest BCUT2D eigenvalue weighted by atomic mass is 10.0. The van der Waals surface area contributed by atoms with E-state index in [0.717, 1.165) is 18.7 Å². The summed E-state index contributed by atoms with van der Waals surface area (Å²) in [6, 6.07) is 0.275. The maximum absolute atomic E-state index is 6.03. The number of rotatable bonds is 2. The minimum atomic E-state index is -0.0662. The normalized spacial score (nSPS) is 24.7. The maximum atomic E-state index is 6.03. The third-order valence-electron chi connectivity index (χ3n) is 2.80. The van der Waals surface area contributed by atoms with E-state index in [9.17, 15) is 0 Å². The van der Waals surface area contributed by atoms with Gasteiger partial charge in [0, 0.05) is 6.42 Å². The Hall–Kier alpha value is -0.610. The summed E-state index contributed by atoms with van der Waals surface area (Å²) in [5.41, 5.74) is -0.0662. The van der Waals surface area contributed by atoms with E-state index in [2.05, 4.69) is 31.0 Å². The summed E-state index contributed by atoms with van der Waals surface area (Å²) in [5, 5.41) is 8.43. The monoisotopic (exact) mass is 229 g/mol. The summed E-state index contributed by atoms with van der Waals surface area (Å²) < 4.78 is 7.69. The summed E-state index contributed by atoms with van der Waals surface area (Å²) in [5.74, 6) is 0.936. The number of nitrogens with zero attached hydrogens (tertiary/aromatic N) is 3. The highest BCUT2D eigenvalue weighted by atomic mass is 35.5. The first-order chi connectivity index (χ1) is 7.03. The molecule has 84 valence electrons. The van der Waals surface area contributed by atoms with Crippen molar-refractivity contribution in [2.75, 3.05) is 6.61 Å². The molecule has 1 fully saturated rings. The lowest BCUT2D eigenvalue weighted by Gasteiger charge is -2.16. The minimum absolute atomic E-state index is 0.0662. The van der Waals surface area contributed by atoms with E-state index < -0.39 is 0 Å². The van der Waals surface area contributed by atoms with Gasteiger partial charge in [-0.1, -0.05) is 6.92 Å². The van der Waals surface area contributed by atoms with E-state index in [1.807, 2.05) is 4.57 Å². The predicted molar refractivity (Wildman–Crippen MR) is 58.1 cm³/mol. The van der Waals surface area contributed by atoms with Gasteiger partial charge < -0.3 is 4.74 Å². The van der Waals surface area contributed by atoms with Crippen LogP contribution in [0.2, 0.25) is 5.28 Å². The van der Waals surface area contributed by atoms with Gasteiger partial charge in [0.15, 0.2) is 0 Å². The van der Waals surface area contributed by atoms with Crippen molar-refractivity contribution >= 4 is 11.6 Å². The lowest BCUT2D eigenvalue weighted by Crippen LogP contribution is -2.18. The van der Waals surface area contributed by atoms with Gasteiger partial charge >= 0.3 is 0 Å². The second kappa shape index (κ2) is 3.76. The molecule has 0 bridgehead atoms. The highest BCUT2D eigenvalue weighted by molar-refractivity contribution is 6.28.